The molecule has 3 atom stereocenters. The smallest absolute Gasteiger partial charge is 0.328 e. The van der Waals surface area contributed by atoms with Gasteiger partial charge in [-0.15, -0.1) is 12.4 Å². The van der Waals surface area contributed by atoms with E-state index < -0.39 is 12.0 Å². The maximum Gasteiger partial charge on any atom is 0.328 e. The first-order valence-electron chi connectivity index (χ1n) is 8.80. The van der Waals surface area contributed by atoms with Crippen LogP contribution in [0.1, 0.15) is 56.6 Å². The summed E-state index contributed by atoms with van der Waals surface area (Å²) < 4.78 is 6.91. The first-order valence-corrected chi connectivity index (χ1v) is 8.80. The zero-order valence-corrected chi connectivity index (χ0v) is 16.0. The van der Waals surface area contributed by atoms with Crippen molar-refractivity contribution >= 4 is 24.3 Å². The quantitative estimate of drug-likeness (QED) is 0.714. The molecular weight excluding hydrogens is 344 g/mol. The lowest BCUT2D eigenvalue weighted by molar-refractivity contribution is -0.146. The van der Waals surface area contributed by atoms with Gasteiger partial charge in [0.2, 0.25) is 0 Å². The summed E-state index contributed by atoms with van der Waals surface area (Å²) in [7, 11) is 0. The molecule has 0 radical (unpaired) electrons. The molecule has 1 aliphatic rings. The van der Waals surface area contributed by atoms with Crippen molar-refractivity contribution in [3.63, 3.8) is 0 Å². The van der Waals surface area contributed by atoms with Gasteiger partial charge < -0.3 is 15.4 Å². The molecule has 1 aromatic heterocycles. The fourth-order valence-corrected chi connectivity index (χ4v) is 2.84. The second-order valence-corrected chi connectivity index (χ2v) is 6.27. The van der Waals surface area contributed by atoms with Crippen LogP contribution in [0.4, 0.5) is 0 Å². The highest BCUT2D eigenvalue weighted by Crippen LogP contribution is 2.16. The Bertz CT molecular complexity index is 558. The number of ether oxygens (including phenoxy) is 1. The molecule has 8 heteroatoms. The summed E-state index contributed by atoms with van der Waals surface area (Å²) >= 11 is 0. The van der Waals surface area contributed by atoms with E-state index in [2.05, 4.69) is 15.7 Å². The number of nitrogens with zero attached hydrogens (tertiary/aromatic N) is 2. The molecule has 0 bridgehead atoms. The van der Waals surface area contributed by atoms with E-state index in [-0.39, 0.29) is 30.3 Å². The standard InChI is InChI=1S/C17H28N4O3.ClH/c1-4-12(3)15(17(23)24-5-2)19-16(22)14-8-10-21(20-14)13-7-6-9-18-11-13;/h8,10,12-13,15,18H,4-7,9,11H2,1-3H3,(H,19,22);1H. The molecule has 0 aromatic carbocycles. The van der Waals surface area contributed by atoms with Crippen LogP contribution in [0, 0.1) is 5.92 Å². The molecule has 25 heavy (non-hydrogen) atoms. The normalized spacial score (nSPS) is 19.4. The highest BCUT2D eigenvalue weighted by Gasteiger charge is 2.28. The van der Waals surface area contributed by atoms with E-state index in [0.29, 0.717) is 12.3 Å². The van der Waals surface area contributed by atoms with Gasteiger partial charge in [0.15, 0.2) is 0 Å². The number of rotatable bonds is 7. The molecule has 2 rings (SSSR count). The maximum absolute atomic E-state index is 12.5. The summed E-state index contributed by atoms with van der Waals surface area (Å²) in [6.07, 6.45) is 4.75. The SMILES string of the molecule is CCOC(=O)C(NC(=O)c1ccn(C2CCCNC2)n1)C(C)CC.Cl. The number of nitrogens with one attached hydrogen (secondary N) is 2. The zero-order valence-electron chi connectivity index (χ0n) is 15.2. The molecule has 7 nitrogen and oxygen atoms in total. The minimum absolute atomic E-state index is 0. The molecule has 1 aromatic rings. The molecule has 1 saturated heterocycles. The van der Waals surface area contributed by atoms with E-state index in [4.69, 9.17) is 4.74 Å². The van der Waals surface area contributed by atoms with Crippen LogP contribution in [0.5, 0.6) is 0 Å². The zero-order chi connectivity index (χ0) is 17.5. The fourth-order valence-electron chi connectivity index (χ4n) is 2.84. The lowest BCUT2D eigenvalue weighted by Crippen LogP contribution is -2.46. The van der Waals surface area contributed by atoms with Gasteiger partial charge in [0.25, 0.3) is 5.91 Å². The lowest BCUT2D eigenvalue weighted by atomic mass is 9.99. The predicted molar refractivity (Wildman–Crippen MR) is 98.0 cm³/mol. The third-order valence-electron chi connectivity index (χ3n) is 4.53. The van der Waals surface area contributed by atoms with Crippen LogP contribution in [0.3, 0.4) is 0 Å². The third kappa shape index (κ3) is 5.71. The minimum Gasteiger partial charge on any atom is -0.464 e. The molecule has 1 amide bonds. The van der Waals surface area contributed by atoms with E-state index in [1.54, 1.807) is 13.0 Å². The molecule has 0 spiro atoms. The van der Waals surface area contributed by atoms with Gasteiger partial charge in [0.1, 0.15) is 11.7 Å². The van der Waals surface area contributed by atoms with Gasteiger partial charge in [0.05, 0.1) is 12.6 Å². The van der Waals surface area contributed by atoms with Gasteiger partial charge >= 0.3 is 5.97 Å². The highest BCUT2D eigenvalue weighted by molar-refractivity contribution is 5.95. The van der Waals surface area contributed by atoms with E-state index in [1.807, 2.05) is 24.7 Å². The van der Waals surface area contributed by atoms with Gasteiger partial charge in [-0.1, -0.05) is 20.3 Å². The molecule has 3 unspecified atom stereocenters. The Morgan fingerprint density at radius 3 is 2.84 bits per heavy atom. The Balaban J connectivity index is 0.00000312. The lowest BCUT2D eigenvalue weighted by Gasteiger charge is -2.23. The van der Waals surface area contributed by atoms with Gasteiger partial charge in [-0.25, -0.2) is 4.79 Å². The van der Waals surface area contributed by atoms with Crippen molar-refractivity contribution in [3.05, 3.63) is 18.0 Å². The van der Waals surface area contributed by atoms with E-state index in [1.165, 1.54) is 0 Å². The third-order valence-corrected chi connectivity index (χ3v) is 4.53. The Labute approximate surface area is 155 Å². The number of hydrogen-bond donors (Lipinski definition) is 2. The van der Waals surface area contributed by atoms with Crippen molar-refractivity contribution in [2.45, 2.75) is 52.1 Å². The molecule has 0 saturated carbocycles. The number of esters is 1. The molecular formula is C17H29ClN4O3. The predicted octanol–water partition coefficient (Wildman–Crippen LogP) is 1.94. The summed E-state index contributed by atoms with van der Waals surface area (Å²) in [5, 5.41) is 10.5. The van der Waals surface area contributed by atoms with Crippen molar-refractivity contribution in [2.75, 3.05) is 19.7 Å². The van der Waals surface area contributed by atoms with Crippen molar-refractivity contribution < 1.29 is 14.3 Å². The highest BCUT2D eigenvalue weighted by atomic mass is 35.5. The first-order chi connectivity index (χ1) is 11.6. The largest absolute Gasteiger partial charge is 0.464 e. The van der Waals surface area contributed by atoms with E-state index in [0.717, 1.165) is 32.4 Å². The number of piperidine rings is 1. The number of hydrogen-bond acceptors (Lipinski definition) is 5. The molecule has 2 heterocycles. The van der Waals surface area contributed by atoms with Crippen LogP contribution in [-0.4, -0.2) is 47.4 Å². The number of halogens is 1. The van der Waals surface area contributed by atoms with Crippen molar-refractivity contribution in [2.24, 2.45) is 5.92 Å². The van der Waals surface area contributed by atoms with Gasteiger partial charge in [-0.3, -0.25) is 9.48 Å². The second kappa shape index (κ2) is 10.4. The minimum atomic E-state index is -0.649. The van der Waals surface area contributed by atoms with E-state index >= 15 is 0 Å². The fraction of sp³-hybridized carbons (Fsp3) is 0.706. The Hall–Kier alpha value is -1.60. The van der Waals surface area contributed by atoms with Crippen LogP contribution >= 0.6 is 12.4 Å². The topological polar surface area (TPSA) is 85.2 Å². The monoisotopic (exact) mass is 372 g/mol. The van der Waals surface area contributed by atoms with Crippen molar-refractivity contribution in [1.29, 1.82) is 0 Å². The van der Waals surface area contributed by atoms with Gasteiger partial charge in [0, 0.05) is 12.7 Å². The van der Waals surface area contributed by atoms with Crippen LogP contribution in [0.2, 0.25) is 0 Å². The first kappa shape index (κ1) is 21.4. The average molecular weight is 373 g/mol. The molecule has 1 fully saturated rings. The van der Waals surface area contributed by atoms with Gasteiger partial charge in [-0.05, 0) is 38.3 Å². The number of carbonyl (C=O) groups is 2. The Morgan fingerprint density at radius 1 is 1.48 bits per heavy atom. The van der Waals surface area contributed by atoms with Crippen LogP contribution in [0.15, 0.2) is 12.3 Å². The van der Waals surface area contributed by atoms with E-state index in [9.17, 15) is 9.59 Å². The Morgan fingerprint density at radius 2 is 2.24 bits per heavy atom. The van der Waals surface area contributed by atoms with Crippen LogP contribution in [-0.2, 0) is 9.53 Å². The molecule has 0 aliphatic carbocycles. The van der Waals surface area contributed by atoms with Crippen LogP contribution in [0.25, 0.3) is 0 Å². The summed E-state index contributed by atoms with van der Waals surface area (Å²) in [6.45, 7) is 7.85. The molecule has 142 valence electrons. The van der Waals surface area contributed by atoms with Crippen molar-refractivity contribution in [3.8, 4) is 0 Å². The number of carbonyl (C=O) groups excluding carboxylic acids is 2. The maximum atomic E-state index is 12.5. The summed E-state index contributed by atoms with van der Waals surface area (Å²) in [5.74, 6) is -0.732. The molecule has 1 aliphatic heterocycles. The van der Waals surface area contributed by atoms with Crippen molar-refractivity contribution in [1.82, 2.24) is 20.4 Å². The van der Waals surface area contributed by atoms with Crippen LogP contribution < -0.4 is 10.6 Å². The second-order valence-electron chi connectivity index (χ2n) is 6.27. The van der Waals surface area contributed by atoms with Gasteiger partial charge in [-0.2, -0.15) is 5.10 Å². The summed E-state index contributed by atoms with van der Waals surface area (Å²) in [6, 6.07) is 1.32. The summed E-state index contributed by atoms with van der Waals surface area (Å²) in [4.78, 5) is 24.6. The summed E-state index contributed by atoms with van der Waals surface area (Å²) in [5.41, 5.74) is 0.332. The Kier molecular flexibility index (Phi) is 8.92. The number of aromatic nitrogens is 2. The number of amides is 1. The molecule has 2 N–H and O–H groups in total. The average Bonchev–Trinajstić information content (AvgIpc) is 3.10.